The third-order valence-electron chi connectivity index (χ3n) is 1.66. The fraction of sp³-hybridized carbons (Fsp3) is 0.222. The Kier molecular flexibility index (Phi) is 2.33. The van der Waals surface area contributed by atoms with Gasteiger partial charge in [-0.25, -0.2) is 0 Å². The summed E-state index contributed by atoms with van der Waals surface area (Å²) in [6.45, 7) is 1.72. The van der Waals surface area contributed by atoms with Crippen molar-refractivity contribution in [1.82, 2.24) is 0 Å². The molecule has 0 saturated carbocycles. The molecule has 0 aromatic heterocycles. The Hall–Kier alpha value is -1.51. The van der Waals surface area contributed by atoms with Crippen molar-refractivity contribution in [2.24, 2.45) is 0 Å². The van der Waals surface area contributed by atoms with E-state index in [9.17, 15) is 0 Å². The van der Waals surface area contributed by atoms with Gasteiger partial charge in [0.2, 0.25) is 0 Å². The minimum absolute atomic E-state index is 0.504. The van der Waals surface area contributed by atoms with Crippen molar-refractivity contribution in [2.75, 3.05) is 12.8 Å². The Morgan fingerprint density at radius 2 is 2.17 bits per heavy atom. The third-order valence-corrected chi connectivity index (χ3v) is 1.66. The Bertz CT molecular complexity index is 307. The predicted molar refractivity (Wildman–Crippen MR) is 49.9 cm³/mol. The first-order valence-electron chi connectivity index (χ1n) is 3.64. The van der Waals surface area contributed by atoms with Gasteiger partial charge in [-0.1, -0.05) is 0 Å². The highest BCUT2D eigenvalue weighted by Crippen LogP contribution is 2.21. The summed E-state index contributed by atoms with van der Waals surface area (Å²) in [5.41, 5.74) is 7.55. The maximum Gasteiger partial charge on any atom is 0.141 e. The van der Waals surface area contributed by atoms with Crippen molar-refractivity contribution in [2.45, 2.75) is 6.92 Å². The smallest absolute Gasteiger partial charge is 0.141 e. The molecular formula is C9H12N2O. The summed E-state index contributed by atoms with van der Waals surface area (Å²) in [4.78, 5) is 0. The van der Waals surface area contributed by atoms with Gasteiger partial charge in [0.05, 0.1) is 12.8 Å². The number of nitrogens with one attached hydrogen (secondary N) is 1. The van der Waals surface area contributed by atoms with E-state index in [0.717, 1.165) is 5.56 Å². The van der Waals surface area contributed by atoms with E-state index in [1.54, 1.807) is 26.2 Å². The van der Waals surface area contributed by atoms with Crippen LogP contribution < -0.4 is 10.5 Å². The number of ether oxygens (including phenoxy) is 1. The maximum absolute atomic E-state index is 7.36. The van der Waals surface area contributed by atoms with Crippen LogP contribution in [0.3, 0.4) is 0 Å². The molecule has 0 aliphatic heterocycles. The van der Waals surface area contributed by atoms with Gasteiger partial charge in [-0.2, -0.15) is 0 Å². The van der Waals surface area contributed by atoms with Crippen LogP contribution in [0, 0.1) is 5.41 Å². The Morgan fingerprint density at radius 1 is 1.50 bits per heavy atom. The summed E-state index contributed by atoms with van der Waals surface area (Å²) in [7, 11) is 1.57. The molecule has 0 radical (unpaired) electrons. The largest absolute Gasteiger partial charge is 0.495 e. The molecule has 0 unspecified atom stereocenters. The highest BCUT2D eigenvalue weighted by Gasteiger charge is 2.00. The SMILES string of the molecule is COc1ccc(C(C)=N)cc1N. The van der Waals surface area contributed by atoms with Crippen molar-refractivity contribution < 1.29 is 4.74 Å². The molecule has 0 atom stereocenters. The van der Waals surface area contributed by atoms with Crippen LogP contribution in [0.25, 0.3) is 0 Å². The average molecular weight is 164 g/mol. The van der Waals surface area contributed by atoms with E-state index in [0.29, 0.717) is 17.1 Å². The van der Waals surface area contributed by atoms with E-state index in [4.69, 9.17) is 15.9 Å². The zero-order chi connectivity index (χ0) is 9.14. The molecular weight excluding hydrogens is 152 g/mol. The van der Waals surface area contributed by atoms with Crippen molar-refractivity contribution in [3.63, 3.8) is 0 Å². The Morgan fingerprint density at radius 3 is 2.58 bits per heavy atom. The van der Waals surface area contributed by atoms with Crippen molar-refractivity contribution >= 4 is 11.4 Å². The van der Waals surface area contributed by atoms with Gasteiger partial charge >= 0.3 is 0 Å². The topological polar surface area (TPSA) is 59.1 Å². The van der Waals surface area contributed by atoms with Gasteiger partial charge < -0.3 is 15.9 Å². The quantitative estimate of drug-likeness (QED) is 0.516. The molecule has 64 valence electrons. The van der Waals surface area contributed by atoms with Crippen molar-refractivity contribution in [3.8, 4) is 5.75 Å². The lowest BCUT2D eigenvalue weighted by atomic mass is 10.1. The van der Waals surface area contributed by atoms with Crippen LogP contribution in [0.5, 0.6) is 5.75 Å². The number of anilines is 1. The van der Waals surface area contributed by atoms with Gasteiger partial charge in [-0.05, 0) is 30.7 Å². The molecule has 0 spiro atoms. The van der Waals surface area contributed by atoms with Crippen molar-refractivity contribution in [3.05, 3.63) is 23.8 Å². The van der Waals surface area contributed by atoms with Gasteiger partial charge in [0.15, 0.2) is 0 Å². The number of hydrogen-bond donors (Lipinski definition) is 2. The minimum atomic E-state index is 0.504. The number of rotatable bonds is 2. The lowest BCUT2D eigenvalue weighted by molar-refractivity contribution is 0.417. The van der Waals surface area contributed by atoms with Crippen molar-refractivity contribution in [1.29, 1.82) is 5.41 Å². The highest BCUT2D eigenvalue weighted by atomic mass is 16.5. The molecule has 0 fully saturated rings. The number of nitrogen functional groups attached to an aromatic ring is 1. The number of nitrogens with two attached hydrogens (primary N) is 1. The summed E-state index contributed by atoms with van der Waals surface area (Å²) in [5, 5.41) is 7.36. The first-order chi connectivity index (χ1) is 5.65. The fourth-order valence-corrected chi connectivity index (χ4v) is 0.968. The standard InChI is InChI=1S/C9H12N2O/c1-6(10)7-3-4-9(12-2)8(11)5-7/h3-5,10H,11H2,1-2H3. The Balaban J connectivity index is 3.10. The van der Waals surface area contributed by atoms with E-state index < -0.39 is 0 Å². The van der Waals surface area contributed by atoms with Gasteiger partial charge in [0, 0.05) is 5.71 Å². The molecule has 3 heteroatoms. The zero-order valence-corrected chi connectivity index (χ0v) is 7.22. The number of hydrogen-bond acceptors (Lipinski definition) is 3. The lowest BCUT2D eigenvalue weighted by Crippen LogP contribution is -1.97. The first kappa shape index (κ1) is 8.59. The van der Waals surface area contributed by atoms with Crippen LogP contribution >= 0.6 is 0 Å². The molecule has 1 rings (SSSR count). The first-order valence-corrected chi connectivity index (χ1v) is 3.64. The molecule has 3 N–H and O–H groups in total. The van der Waals surface area contributed by atoms with Gasteiger partial charge in [0.25, 0.3) is 0 Å². The second-order valence-electron chi connectivity index (χ2n) is 2.58. The molecule has 1 aromatic carbocycles. The summed E-state index contributed by atoms with van der Waals surface area (Å²) in [6.07, 6.45) is 0. The molecule has 1 aromatic rings. The molecule has 0 amide bonds. The number of methoxy groups -OCH3 is 1. The minimum Gasteiger partial charge on any atom is -0.495 e. The highest BCUT2D eigenvalue weighted by molar-refractivity contribution is 5.97. The van der Waals surface area contributed by atoms with E-state index >= 15 is 0 Å². The van der Waals surface area contributed by atoms with E-state index in [2.05, 4.69) is 0 Å². The van der Waals surface area contributed by atoms with E-state index in [-0.39, 0.29) is 0 Å². The molecule has 0 saturated heterocycles. The molecule has 12 heavy (non-hydrogen) atoms. The zero-order valence-electron chi connectivity index (χ0n) is 7.22. The predicted octanol–water partition coefficient (Wildman–Crippen LogP) is 1.67. The maximum atomic E-state index is 7.36. The second kappa shape index (κ2) is 3.26. The van der Waals surface area contributed by atoms with E-state index in [1.165, 1.54) is 0 Å². The van der Waals surface area contributed by atoms with Crippen LogP contribution in [0.15, 0.2) is 18.2 Å². The summed E-state index contributed by atoms with van der Waals surface area (Å²) in [6, 6.07) is 5.32. The normalized spacial score (nSPS) is 9.50. The molecule has 0 bridgehead atoms. The monoisotopic (exact) mass is 164 g/mol. The average Bonchev–Trinajstić information content (AvgIpc) is 2.04. The van der Waals surface area contributed by atoms with Gasteiger partial charge in [0.1, 0.15) is 5.75 Å². The van der Waals surface area contributed by atoms with Gasteiger partial charge in [-0.15, -0.1) is 0 Å². The van der Waals surface area contributed by atoms with Crippen LogP contribution in [0.2, 0.25) is 0 Å². The summed E-state index contributed by atoms with van der Waals surface area (Å²) in [5.74, 6) is 0.653. The number of benzene rings is 1. The van der Waals surface area contributed by atoms with Gasteiger partial charge in [-0.3, -0.25) is 0 Å². The van der Waals surface area contributed by atoms with E-state index in [1.807, 2.05) is 6.07 Å². The summed E-state index contributed by atoms with van der Waals surface area (Å²) >= 11 is 0. The van der Waals surface area contributed by atoms with Crippen LogP contribution in [0.4, 0.5) is 5.69 Å². The summed E-state index contributed by atoms with van der Waals surface area (Å²) < 4.78 is 4.98. The third kappa shape index (κ3) is 1.56. The van der Waals surface area contributed by atoms with Crippen LogP contribution in [0.1, 0.15) is 12.5 Å². The fourth-order valence-electron chi connectivity index (χ4n) is 0.968. The Labute approximate surface area is 71.7 Å². The molecule has 0 aliphatic carbocycles. The molecule has 3 nitrogen and oxygen atoms in total. The lowest BCUT2D eigenvalue weighted by Gasteiger charge is -2.05. The second-order valence-corrected chi connectivity index (χ2v) is 2.58. The van der Waals surface area contributed by atoms with Crippen LogP contribution in [-0.4, -0.2) is 12.8 Å². The van der Waals surface area contributed by atoms with Crippen LogP contribution in [-0.2, 0) is 0 Å². The molecule has 0 heterocycles. The molecule has 0 aliphatic rings.